The van der Waals surface area contributed by atoms with E-state index in [1.54, 1.807) is 13.2 Å². The molecule has 4 heteroatoms. The van der Waals surface area contributed by atoms with Gasteiger partial charge in [-0.3, -0.25) is 0 Å². The molecule has 0 spiro atoms. The third-order valence-electron chi connectivity index (χ3n) is 1.84. The zero-order valence-corrected chi connectivity index (χ0v) is 8.41. The van der Waals surface area contributed by atoms with Crippen molar-refractivity contribution < 1.29 is 14.7 Å². The molecule has 78 valence electrons. The van der Waals surface area contributed by atoms with Gasteiger partial charge in [-0.25, -0.2) is 5.48 Å². The highest BCUT2D eigenvalue weighted by molar-refractivity contribution is 5.40. The van der Waals surface area contributed by atoms with Crippen LogP contribution in [-0.2, 0) is 6.54 Å². The Balaban J connectivity index is 2.91. The maximum Gasteiger partial charge on any atom is 0.127 e. The molecule has 0 aliphatic heterocycles. The quantitative estimate of drug-likeness (QED) is 0.703. The minimum atomic E-state index is 0.360. The lowest BCUT2D eigenvalue weighted by Gasteiger charge is -2.10. The molecule has 1 rings (SSSR count). The number of benzene rings is 1. The van der Waals surface area contributed by atoms with Gasteiger partial charge >= 0.3 is 0 Å². The van der Waals surface area contributed by atoms with Gasteiger partial charge < -0.3 is 14.7 Å². The Labute approximate surface area is 83.4 Å². The number of rotatable bonds is 5. The summed E-state index contributed by atoms with van der Waals surface area (Å²) in [5.41, 5.74) is 3.00. The van der Waals surface area contributed by atoms with Crippen LogP contribution in [0.1, 0.15) is 12.5 Å². The Morgan fingerprint density at radius 2 is 2.21 bits per heavy atom. The molecule has 14 heavy (non-hydrogen) atoms. The van der Waals surface area contributed by atoms with Gasteiger partial charge in [0.2, 0.25) is 0 Å². The summed E-state index contributed by atoms with van der Waals surface area (Å²) >= 11 is 0. The van der Waals surface area contributed by atoms with E-state index in [1.807, 2.05) is 19.1 Å². The van der Waals surface area contributed by atoms with Crippen molar-refractivity contribution in [1.82, 2.24) is 5.48 Å². The number of nitrogens with one attached hydrogen (secondary N) is 1. The molecule has 0 aliphatic rings. The summed E-state index contributed by atoms with van der Waals surface area (Å²) in [6.45, 7) is 2.86. The molecule has 0 heterocycles. The zero-order chi connectivity index (χ0) is 10.4. The highest BCUT2D eigenvalue weighted by Crippen LogP contribution is 2.24. The Bertz CT molecular complexity index is 289. The van der Waals surface area contributed by atoms with Crippen LogP contribution in [0.25, 0.3) is 0 Å². The summed E-state index contributed by atoms with van der Waals surface area (Å²) in [5, 5.41) is 8.60. The maximum atomic E-state index is 8.60. The molecule has 0 aliphatic carbocycles. The lowest BCUT2D eigenvalue weighted by atomic mass is 10.2. The van der Waals surface area contributed by atoms with Crippen LogP contribution in [0.5, 0.6) is 11.5 Å². The minimum absolute atomic E-state index is 0.360. The van der Waals surface area contributed by atoms with Crippen LogP contribution in [0.3, 0.4) is 0 Å². The molecule has 0 saturated carbocycles. The zero-order valence-electron chi connectivity index (χ0n) is 8.41. The summed E-state index contributed by atoms with van der Waals surface area (Å²) in [6.07, 6.45) is 0. The Morgan fingerprint density at radius 3 is 2.79 bits per heavy atom. The topological polar surface area (TPSA) is 50.7 Å². The monoisotopic (exact) mass is 197 g/mol. The van der Waals surface area contributed by atoms with Crippen molar-refractivity contribution >= 4 is 0 Å². The summed E-state index contributed by atoms with van der Waals surface area (Å²) in [6, 6.07) is 5.48. The number of hydrogen-bond acceptors (Lipinski definition) is 4. The van der Waals surface area contributed by atoms with Crippen LogP contribution >= 0.6 is 0 Å². The fourth-order valence-corrected chi connectivity index (χ4v) is 1.18. The molecule has 4 nitrogen and oxygen atoms in total. The fraction of sp³-hybridized carbons (Fsp3) is 0.400. The second-order valence-corrected chi connectivity index (χ2v) is 2.74. The van der Waals surface area contributed by atoms with Gasteiger partial charge in [0.05, 0.1) is 13.7 Å². The van der Waals surface area contributed by atoms with Crippen molar-refractivity contribution in [2.24, 2.45) is 0 Å². The van der Waals surface area contributed by atoms with Crippen LogP contribution in [0.2, 0.25) is 0 Å². The molecular weight excluding hydrogens is 182 g/mol. The Hall–Kier alpha value is -1.26. The van der Waals surface area contributed by atoms with Gasteiger partial charge in [0.15, 0.2) is 0 Å². The first-order valence-corrected chi connectivity index (χ1v) is 4.48. The second-order valence-electron chi connectivity index (χ2n) is 2.74. The summed E-state index contributed by atoms with van der Waals surface area (Å²) in [4.78, 5) is 0. The highest BCUT2D eigenvalue weighted by atomic mass is 16.5. The van der Waals surface area contributed by atoms with E-state index in [1.165, 1.54) is 0 Å². The van der Waals surface area contributed by atoms with E-state index >= 15 is 0 Å². The number of hydroxylamine groups is 1. The van der Waals surface area contributed by atoms with Crippen LogP contribution in [0.15, 0.2) is 18.2 Å². The van der Waals surface area contributed by atoms with Crippen molar-refractivity contribution in [3.8, 4) is 11.5 Å². The average molecular weight is 197 g/mol. The average Bonchev–Trinajstić information content (AvgIpc) is 2.21. The molecule has 1 aromatic carbocycles. The first kappa shape index (κ1) is 10.8. The molecule has 0 bridgehead atoms. The minimum Gasteiger partial charge on any atom is -0.497 e. The van der Waals surface area contributed by atoms with Crippen molar-refractivity contribution in [3.63, 3.8) is 0 Å². The van der Waals surface area contributed by atoms with Gasteiger partial charge in [0.1, 0.15) is 11.5 Å². The van der Waals surface area contributed by atoms with E-state index < -0.39 is 0 Å². The molecule has 0 aromatic heterocycles. The molecule has 0 fully saturated rings. The van der Waals surface area contributed by atoms with Crippen molar-refractivity contribution in [2.45, 2.75) is 13.5 Å². The molecule has 0 amide bonds. The van der Waals surface area contributed by atoms with E-state index in [0.29, 0.717) is 13.2 Å². The van der Waals surface area contributed by atoms with Gasteiger partial charge in [0, 0.05) is 18.2 Å². The normalized spacial score (nSPS) is 9.93. The standard InChI is InChI=1S/C10H15NO3/c1-3-14-10-6-9(13-2)5-4-8(10)7-11-12/h4-6,11-12H,3,7H2,1-2H3. The third kappa shape index (κ3) is 2.61. The van der Waals surface area contributed by atoms with E-state index in [2.05, 4.69) is 5.48 Å². The summed E-state index contributed by atoms with van der Waals surface area (Å²) in [7, 11) is 1.61. The smallest absolute Gasteiger partial charge is 0.127 e. The lowest BCUT2D eigenvalue weighted by molar-refractivity contribution is 0.159. The lowest BCUT2D eigenvalue weighted by Crippen LogP contribution is -2.08. The molecular formula is C10H15NO3. The third-order valence-corrected chi connectivity index (χ3v) is 1.84. The van der Waals surface area contributed by atoms with Crippen molar-refractivity contribution in [1.29, 1.82) is 0 Å². The van der Waals surface area contributed by atoms with E-state index in [9.17, 15) is 0 Å². The first-order valence-electron chi connectivity index (χ1n) is 4.48. The fourth-order valence-electron chi connectivity index (χ4n) is 1.18. The van der Waals surface area contributed by atoms with Gasteiger partial charge in [-0.2, -0.15) is 0 Å². The van der Waals surface area contributed by atoms with Crippen LogP contribution in [0, 0.1) is 0 Å². The second kappa shape index (κ2) is 5.47. The molecule has 0 unspecified atom stereocenters. The van der Waals surface area contributed by atoms with Crippen LogP contribution in [0.4, 0.5) is 0 Å². The first-order chi connectivity index (χ1) is 6.81. The Kier molecular flexibility index (Phi) is 4.22. The van der Waals surface area contributed by atoms with Gasteiger partial charge in [-0.05, 0) is 13.0 Å². The van der Waals surface area contributed by atoms with E-state index in [0.717, 1.165) is 17.1 Å². The molecule has 0 saturated heterocycles. The van der Waals surface area contributed by atoms with Gasteiger partial charge in [0.25, 0.3) is 0 Å². The number of ether oxygens (including phenoxy) is 2. The highest BCUT2D eigenvalue weighted by Gasteiger charge is 2.04. The largest absolute Gasteiger partial charge is 0.497 e. The number of hydrogen-bond donors (Lipinski definition) is 2. The van der Waals surface area contributed by atoms with Crippen molar-refractivity contribution in [2.75, 3.05) is 13.7 Å². The molecule has 2 N–H and O–H groups in total. The maximum absolute atomic E-state index is 8.60. The van der Waals surface area contributed by atoms with Gasteiger partial charge in [-0.1, -0.05) is 6.07 Å². The molecule has 0 atom stereocenters. The Morgan fingerprint density at radius 1 is 1.43 bits per heavy atom. The van der Waals surface area contributed by atoms with Crippen molar-refractivity contribution in [3.05, 3.63) is 23.8 Å². The predicted octanol–water partition coefficient (Wildman–Crippen LogP) is 1.57. The van der Waals surface area contributed by atoms with Crippen LogP contribution in [-0.4, -0.2) is 18.9 Å². The number of methoxy groups -OCH3 is 1. The molecule has 0 radical (unpaired) electrons. The predicted molar refractivity (Wildman–Crippen MR) is 52.8 cm³/mol. The summed E-state index contributed by atoms with van der Waals surface area (Å²) < 4.78 is 10.5. The summed E-state index contributed by atoms with van der Waals surface area (Å²) in [5.74, 6) is 1.48. The molecule has 1 aromatic rings. The van der Waals surface area contributed by atoms with Crippen LogP contribution < -0.4 is 15.0 Å². The van der Waals surface area contributed by atoms with Gasteiger partial charge in [-0.15, -0.1) is 0 Å². The van der Waals surface area contributed by atoms with E-state index in [4.69, 9.17) is 14.7 Å². The SMILES string of the molecule is CCOc1cc(OC)ccc1CNO. The van der Waals surface area contributed by atoms with E-state index in [-0.39, 0.29) is 0 Å².